The first-order valence-corrected chi connectivity index (χ1v) is 8.99. The summed E-state index contributed by atoms with van der Waals surface area (Å²) in [6.07, 6.45) is -4.69. The van der Waals surface area contributed by atoms with Crippen molar-refractivity contribution in [2.45, 2.75) is 11.1 Å². The number of hydrogen-bond donors (Lipinski definition) is 1. The second kappa shape index (κ2) is 7.16. The lowest BCUT2D eigenvalue weighted by Crippen LogP contribution is -2.24. The average molecular weight is 407 g/mol. The van der Waals surface area contributed by atoms with E-state index < -0.39 is 32.6 Å². The zero-order valence-corrected chi connectivity index (χ0v) is 15.2. The number of carbonyl (C=O) groups excluding carboxylic acids is 1. The van der Waals surface area contributed by atoms with E-state index in [1.807, 2.05) is 0 Å². The van der Waals surface area contributed by atoms with Crippen LogP contribution in [0.15, 0.2) is 47.4 Å². The Balaban J connectivity index is 2.48. The number of benzene rings is 2. The molecule has 0 fully saturated rings. The van der Waals surface area contributed by atoms with Crippen LogP contribution in [0.2, 0.25) is 5.02 Å². The van der Waals surface area contributed by atoms with E-state index >= 15 is 0 Å². The van der Waals surface area contributed by atoms with E-state index in [1.165, 1.54) is 37.2 Å². The van der Waals surface area contributed by atoms with Gasteiger partial charge in [0.05, 0.1) is 21.7 Å². The Labute approximate surface area is 153 Å². The van der Waals surface area contributed by atoms with Gasteiger partial charge in [-0.15, -0.1) is 0 Å². The van der Waals surface area contributed by atoms with E-state index in [4.69, 9.17) is 11.6 Å². The third-order valence-electron chi connectivity index (χ3n) is 3.33. The van der Waals surface area contributed by atoms with Gasteiger partial charge < -0.3 is 4.90 Å². The van der Waals surface area contributed by atoms with Crippen molar-refractivity contribution < 1.29 is 26.4 Å². The molecule has 0 bridgehead atoms. The summed E-state index contributed by atoms with van der Waals surface area (Å²) in [5.74, 6) is -0.497. The minimum Gasteiger partial charge on any atom is -0.345 e. The summed E-state index contributed by atoms with van der Waals surface area (Å²) in [7, 11) is -1.43. The molecule has 0 atom stereocenters. The summed E-state index contributed by atoms with van der Waals surface area (Å²) in [5, 5.41) is 0.155. The van der Waals surface area contributed by atoms with E-state index in [1.54, 1.807) is 0 Å². The standard InChI is InChI=1S/C16H14ClF3N2O3S/c1-22(2)15(23)13-7-6-11(17)9-14(13)21-26(24,25)12-5-3-4-10(8-12)16(18,19)20/h3-9,21H,1-2H3. The van der Waals surface area contributed by atoms with Gasteiger partial charge in [0.1, 0.15) is 0 Å². The summed E-state index contributed by atoms with van der Waals surface area (Å²) >= 11 is 5.85. The highest BCUT2D eigenvalue weighted by Gasteiger charge is 2.32. The van der Waals surface area contributed by atoms with Gasteiger partial charge in [0.25, 0.3) is 15.9 Å². The van der Waals surface area contributed by atoms with Crippen LogP contribution < -0.4 is 4.72 Å². The normalized spacial score (nSPS) is 11.9. The summed E-state index contributed by atoms with van der Waals surface area (Å²) in [6, 6.07) is 7.23. The second-order valence-corrected chi connectivity index (χ2v) is 7.64. The fourth-order valence-electron chi connectivity index (χ4n) is 2.07. The van der Waals surface area contributed by atoms with E-state index in [-0.39, 0.29) is 16.3 Å². The van der Waals surface area contributed by atoms with Crippen LogP contribution in [0.3, 0.4) is 0 Å². The van der Waals surface area contributed by atoms with Gasteiger partial charge in [0, 0.05) is 19.1 Å². The molecule has 5 nitrogen and oxygen atoms in total. The molecule has 0 radical (unpaired) electrons. The molecule has 140 valence electrons. The van der Waals surface area contributed by atoms with E-state index in [9.17, 15) is 26.4 Å². The molecule has 1 amide bonds. The number of alkyl halides is 3. The van der Waals surface area contributed by atoms with Crippen LogP contribution >= 0.6 is 11.6 Å². The Bertz CT molecular complexity index is 944. The SMILES string of the molecule is CN(C)C(=O)c1ccc(Cl)cc1NS(=O)(=O)c1cccc(C(F)(F)F)c1. The van der Waals surface area contributed by atoms with Crippen LogP contribution in [-0.4, -0.2) is 33.3 Å². The molecule has 0 saturated heterocycles. The Morgan fingerprint density at radius 1 is 1.12 bits per heavy atom. The zero-order chi connectivity index (χ0) is 19.7. The van der Waals surface area contributed by atoms with Crippen molar-refractivity contribution in [1.29, 1.82) is 0 Å². The van der Waals surface area contributed by atoms with Crippen molar-refractivity contribution >= 4 is 33.2 Å². The summed E-state index contributed by atoms with van der Waals surface area (Å²) < 4.78 is 65.5. The quantitative estimate of drug-likeness (QED) is 0.838. The average Bonchev–Trinajstić information content (AvgIpc) is 2.53. The first-order chi connectivity index (χ1) is 11.9. The van der Waals surface area contributed by atoms with Gasteiger partial charge in [-0.05, 0) is 36.4 Å². The Hall–Kier alpha value is -2.26. The van der Waals surface area contributed by atoms with Crippen LogP contribution in [0.25, 0.3) is 0 Å². The number of nitrogens with zero attached hydrogens (tertiary/aromatic N) is 1. The van der Waals surface area contributed by atoms with Gasteiger partial charge in [-0.1, -0.05) is 17.7 Å². The number of nitrogens with one attached hydrogen (secondary N) is 1. The van der Waals surface area contributed by atoms with Gasteiger partial charge >= 0.3 is 6.18 Å². The molecule has 0 aliphatic carbocycles. The predicted molar refractivity (Wildman–Crippen MR) is 91.7 cm³/mol. The monoisotopic (exact) mass is 406 g/mol. The zero-order valence-electron chi connectivity index (χ0n) is 13.6. The van der Waals surface area contributed by atoms with Crippen molar-refractivity contribution in [1.82, 2.24) is 4.90 Å². The number of rotatable bonds is 4. The molecule has 26 heavy (non-hydrogen) atoms. The molecule has 10 heteroatoms. The van der Waals surface area contributed by atoms with Crippen molar-refractivity contribution in [3.8, 4) is 0 Å². The fraction of sp³-hybridized carbons (Fsp3) is 0.188. The maximum Gasteiger partial charge on any atom is 0.416 e. The highest BCUT2D eigenvalue weighted by molar-refractivity contribution is 7.92. The number of amides is 1. The first-order valence-electron chi connectivity index (χ1n) is 7.13. The van der Waals surface area contributed by atoms with Gasteiger partial charge in [0.15, 0.2) is 0 Å². The number of anilines is 1. The molecule has 0 aliphatic rings. The molecular formula is C16H14ClF3N2O3S. The molecular weight excluding hydrogens is 393 g/mol. The third kappa shape index (κ3) is 4.47. The Morgan fingerprint density at radius 2 is 1.77 bits per heavy atom. The molecule has 2 aromatic carbocycles. The van der Waals surface area contributed by atoms with Gasteiger partial charge in [-0.25, -0.2) is 8.42 Å². The minimum atomic E-state index is -4.69. The van der Waals surface area contributed by atoms with E-state index in [0.717, 1.165) is 18.2 Å². The van der Waals surface area contributed by atoms with Crippen molar-refractivity contribution in [2.24, 2.45) is 0 Å². The van der Waals surface area contributed by atoms with Crippen molar-refractivity contribution in [3.63, 3.8) is 0 Å². The van der Waals surface area contributed by atoms with Crippen molar-refractivity contribution in [3.05, 3.63) is 58.6 Å². The van der Waals surface area contributed by atoms with Crippen LogP contribution in [-0.2, 0) is 16.2 Å². The number of halogens is 4. The number of hydrogen-bond acceptors (Lipinski definition) is 3. The molecule has 0 aromatic heterocycles. The van der Waals surface area contributed by atoms with E-state index in [0.29, 0.717) is 6.07 Å². The minimum absolute atomic E-state index is 0.00921. The van der Waals surface area contributed by atoms with Crippen LogP contribution in [0.5, 0.6) is 0 Å². The number of sulfonamides is 1. The Morgan fingerprint density at radius 3 is 2.35 bits per heavy atom. The van der Waals surface area contributed by atoms with Crippen LogP contribution in [0.1, 0.15) is 15.9 Å². The lowest BCUT2D eigenvalue weighted by Gasteiger charge is -2.16. The van der Waals surface area contributed by atoms with Gasteiger partial charge in [-0.2, -0.15) is 13.2 Å². The smallest absolute Gasteiger partial charge is 0.345 e. The molecule has 0 unspecified atom stereocenters. The molecule has 2 rings (SSSR count). The molecule has 0 saturated carbocycles. The highest BCUT2D eigenvalue weighted by Crippen LogP contribution is 2.31. The molecule has 0 heterocycles. The summed E-state index contributed by atoms with van der Waals surface area (Å²) in [6.45, 7) is 0. The largest absolute Gasteiger partial charge is 0.416 e. The van der Waals surface area contributed by atoms with Gasteiger partial charge in [-0.3, -0.25) is 9.52 Å². The van der Waals surface area contributed by atoms with Crippen LogP contribution in [0, 0.1) is 0 Å². The maximum atomic E-state index is 12.8. The molecule has 0 aliphatic heterocycles. The second-order valence-electron chi connectivity index (χ2n) is 5.52. The van der Waals surface area contributed by atoms with Gasteiger partial charge in [0.2, 0.25) is 0 Å². The Kier molecular flexibility index (Phi) is 5.52. The summed E-state index contributed by atoms with van der Waals surface area (Å²) in [4.78, 5) is 12.8. The van der Waals surface area contributed by atoms with Crippen LogP contribution in [0.4, 0.5) is 18.9 Å². The third-order valence-corrected chi connectivity index (χ3v) is 4.93. The van der Waals surface area contributed by atoms with Crippen molar-refractivity contribution in [2.75, 3.05) is 18.8 Å². The topological polar surface area (TPSA) is 66.5 Å². The maximum absolute atomic E-state index is 12.8. The lowest BCUT2D eigenvalue weighted by molar-refractivity contribution is -0.137. The van der Waals surface area contributed by atoms with E-state index in [2.05, 4.69) is 4.72 Å². The highest BCUT2D eigenvalue weighted by atomic mass is 35.5. The lowest BCUT2D eigenvalue weighted by atomic mass is 10.1. The molecule has 0 spiro atoms. The molecule has 2 aromatic rings. The fourth-order valence-corrected chi connectivity index (χ4v) is 3.36. The summed E-state index contributed by atoms with van der Waals surface area (Å²) in [5.41, 5.74) is -1.22. The first kappa shape index (κ1) is 20.1. The predicted octanol–water partition coefficient (Wildman–Crippen LogP) is 3.86. The molecule has 1 N–H and O–H groups in total. The number of carbonyl (C=O) groups is 1.